The Morgan fingerprint density at radius 1 is 1.12 bits per heavy atom. The van der Waals surface area contributed by atoms with Crippen LogP contribution in [0.5, 0.6) is 0 Å². The van der Waals surface area contributed by atoms with Crippen LogP contribution in [0.4, 0.5) is 10.5 Å². The Morgan fingerprint density at radius 2 is 1.81 bits per heavy atom. The first-order chi connectivity index (χ1) is 15.4. The number of likely N-dealkylation sites (tertiary alicyclic amines) is 1. The van der Waals surface area contributed by atoms with E-state index in [1.54, 1.807) is 29.2 Å². The number of amidine groups is 1. The summed E-state index contributed by atoms with van der Waals surface area (Å²) in [6.45, 7) is 5.94. The van der Waals surface area contributed by atoms with Crippen LogP contribution in [0.25, 0.3) is 0 Å². The van der Waals surface area contributed by atoms with Crippen LogP contribution in [0.2, 0.25) is 0 Å². The van der Waals surface area contributed by atoms with Gasteiger partial charge in [-0.25, -0.2) is 4.79 Å². The maximum atomic E-state index is 12.8. The Labute approximate surface area is 187 Å². The van der Waals surface area contributed by atoms with Crippen molar-refractivity contribution < 1.29 is 23.9 Å². The Hall–Kier alpha value is -2.98. The molecule has 2 heterocycles. The molecule has 0 bridgehead atoms. The number of hydrogen-bond donors (Lipinski definition) is 2. The van der Waals surface area contributed by atoms with E-state index in [1.807, 2.05) is 6.92 Å². The number of hydrogen-bond acceptors (Lipinski definition) is 8. The summed E-state index contributed by atoms with van der Waals surface area (Å²) in [4.78, 5) is 41.9. The molecule has 32 heavy (non-hydrogen) atoms. The number of anilines is 1. The number of amides is 2. The van der Waals surface area contributed by atoms with Gasteiger partial charge in [0.05, 0.1) is 26.8 Å². The van der Waals surface area contributed by atoms with Crippen molar-refractivity contribution >= 4 is 29.5 Å². The first-order valence-electron chi connectivity index (χ1n) is 10.9. The van der Waals surface area contributed by atoms with Crippen molar-refractivity contribution in [3.8, 4) is 0 Å². The Balaban J connectivity index is 1.49. The van der Waals surface area contributed by atoms with Gasteiger partial charge in [-0.05, 0) is 44.0 Å². The lowest BCUT2D eigenvalue weighted by Gasteiger charge is -2.42. The number of nitrogens with zero attached hydrogens (tertiary/aromatic N) is 3. The normalized spacial score (nSPS) is 18.3. The molecule has 0 atom stereocenters. The summed E-state index contributed by atoms with van der Waals surface area (Å²) >= 11 is 0. The van der Waals surface area contributed by atoms with Gasteiger partial charge in [0, 0.05) is 43.5 Å². The van der Waals surface area contributed by atoms with E-state index in [9.17, 15) is 14.4 Å². The number of carbonyl (C=O) groups is 3. The zero-order chi connectivity index (χ0) is 23.1. The fraction of sp³-hybridized carbons (Fsp3) is 0.545. The van der Waals surface area contributed by atoms with Crippen LogP contribution in [0.15, 0.2) is 24.3 Å². The average Bonchev–Trinajstić information content (AvgIpc) is 2.79. The molecular weight excluding hydrogens is 414 g/mol. The van der Waals surface area contributed by atoms with Crippen LogP contribution in [-0.2, 0) is 19.1 Å². The average molecular weight is 446 g/mol. The van der Waals surface area contributed by atoms with Crippen LogP contribution >= 0.6 is 0 Å². The lowest BCUT2D eigenvalue weighted by atomic mass is 10.0. The lowest BCUT2D eigenvalue weighted by molar-refractivity contribution is -0.144. The SMILES string of the molecule is CCOC(=O)CN1CCC(N2CCN(c3ccc(C(=N)NC(=O)OC)cc3)C(=O)C2)CC1. The maximum Gasteiger partial charge on any atom is 0.412 e. The molecule has 10 heteroatoms. The molecule has 0 aliphatic carbocycles. The van der Waals surface area contributed by atoms with Crippen LogP contribution in [-0.4, -0.2) is 92.6 Å². The minimum atomic E-state index is -0.697. The summed E-state index contributed by atoms with van der Waals surface area (Å²) in [6.07, 6.45) is 1.16. The number of benzene rings is 1. The highest BCUT2D eigenvalue weighted by molar-refractivity contribution is 6.05. The van der Waals surface area contributed by atoms with Crippen molar-refractivity contribution in [2.75, 3.05) is 57.9 Å². The first-order valence-corrected chi connectivity index (χ1v) is 10.9. The second kappa shape index (κ2) is 11.1. The molecule has 0 aromatic heterocycles. The zero-order valence-electron chi connectivity index (χ0n) is 18.6. The summed E-state index contributed by atoms with van der Waals surface area (Å²) in [6, 6.07) is 7.31. The van der Waals surface area contributed by atoms with Crippen molar-refractivity contribution in [3.63, 3.8) is 0 Å². The third kappa shape index (κ3) is 6.04. The van der Waals surface area contributed by atoms with Gasteiger partial charge in [-0.2, -0.15) is 0 Å². The standard InChI is InChI=1S/C22H31N5O5/c1-3-32-20(29)15-25-10-8-17(9-11-25)26-12-13-27(19(28)14-26)18-6-4-16(5-7-18)21(23)24-22(30)31-2/h4-7,17H,3,8-15H2,1-2H3,(H2,23,24,30). The van der Waals surface area contributed by atoms with E-state index in [1.165, 1.54) is 7.11 Å². The van der Waals surface area contributed by atoms with Gasteiger partial charge in [-0.1, -0.05) is 0 Å². The summed E-state index contributed by atoms with van der Waals surface area (Å²) in [5.74, 6) is -0.202. The lowest BCUT2D eigenvalue weighted by Crippen LogP contribution is -2.56. The number of esters is 1. The number of piperazine rings is 1. The van der Waals surface area contributed by atoms with Gasteiger partial charge in [0.2, 0.25) is 5.91 Å². The maximum absolute atomic E-state index is 12.8. The van der Waals surface area contributed by atoms with E-state index in [4.69, 9.17) is 10.1 Å². The Morgan fingerprint density at radius 3 is 2.41 bits per heavy atom. The number of nitrogens with one attached hydrogen (secondary N) is 2. The highest BCUT2D eigenvalue weighted by Gasteiger charge is 2.32. The predicted octanol–water partition coefficient (Wildman–Crippen LogP) is 1.04. The van der Waals surface area contributed by atoms with E-state index in [-0.39, 0.29) is 17.7 Å². The van der Waals surface area contributed by atoms with Gasteiger partial charge in [-0.15, -0.1) is 0 Å². The van der Waals surface area contributed by atoms with Gasteiger partial charge in [0.1, 0.15) is 5.84 Å². The van der Waals surface area contributed by atoms with Crippen molar-refractivity contribution in [2.24, 2.45) is 0 Å². The van der Waals surface area contributed by atoms with Crippen molar-refractivity contribution in [2.45, 2.75) is 25.8 Å². The van der Waals surface area contributed by atoms with Crippen LogP contribution in [0.1, 0.15) is 25.3 Å². The molecule has 0 saturated carbocycles. The monoisotopic (exact) mass is 445 g/mol. The zero-order valence-corrected chi connectivity index (χ0v) is 18.6. The van der Waals surface area contributed by atoms with Crippen molar-refractivity contribution in [3.05, 3.63) is 29.8 Å². The molecule has 2 amide bonds. The fourth-order valence-electron chi connectivity index (χ4n) is 4.14. The predicted molar refractivity (Wildman–Crippen MR) is 119 cm³/mol. The highest BCUT2D eigenvalue weighted by atomic mass is 16.5. The minimum absolute atomic E-state index is 0.0423. The Kier molecular flexibility index (Phi) is 8.18. The number of rotatable bonds is 6. The van der Waals surface area contributed by atoms with Crippen molar-refractivity contribution in [1.29, 1.82) is 5.41 Å². The molecular formula is C22H31N5O5. The molecule has 1 aromatic carbocycles. The number of ether oxygens (including phenoxy) is 2. The molecule has 2 aliphatic heterocycles. The van der Waals surface area contributed by atoms with E-state index >= 15 is 0 Å². The molecule has 1 aromatic rings. The topological polar surface area (TPSA) is 115 Å². The van der Waals surface area contributed by atoms with Gasteiger partial charge in [0.25, 0.3) is 0 Å². The van der Waals surface area contributed by atoms with E-state index < -0.39 is 6.09 Å². The molecule has 3 rings (SSSR count). The minimum Gasteiger partial charge on any atom is -0.465 e. The smallest absolute Gasteiger partial charge is 0.412 e. The molecule has 2 saturated heterocycles. The van der Waals surface area contributed by atoms with E-state index in [2.05, 4.69) is 19.9 Å². The molecule has 2 aliphatic rings. The van der Waals surface area contributed by atoms with Crippen LogP contribution < -0.4 is 10.2 Å². The first kappa shape index (κ1) is 23.7. The van der Waals surface area contributed by atoms with Gasteiger partial charge < -0.3 is 14.4 Å². The van der Waals surface area contributed by atoms with Gasteiger partial charge in [0.15, 0.2) is 0 Å². The van der Waals surface area contributed by atoms with Crippen molar-refractivity contribution in [1.82, 2.24) is 15.1 Å². The molecule has 0 unspecified atom stereocenters. The molecule has 10 nitrogen and oxygen atoms in total. The number of piperidine rings is 1. The van der Waals surface area contributed by atoms with E-state index in [0.29, 0.717) is 37.8 Å². The third-order valence-electron chi connectivity index (χ3n) is 5.86. The largest absolute Gasteiger partial charge is 0.465 e. The van der Waals surface area contributed by atoms with E-state index in [0.717, 1.165) is 38.2 Å². The quantitative estimate of drug-likeness (QED) is 0.382. The Bertz CT molecular complexity index is 836. The van der Waals surface area contributed by atoms with Crippen LogP contribution in [0.3, 0.4) is 0 Å². The highest BCUT2D eigenvalue weighted by Crippen LogP contribution is 2.22. The molecule has 174 valence electrons. The third-order valence-corrected chi connectivity index (χ3v) is 5.86. The second-order valence-electron chi connectivity index (χ2n) is 7.87. The summed E-state index contributed by atoms with van der Waals surface area (Å²) < 4.78 is 9.52. The number of alkyl carbamates (subject to hydrolysis) is 1. The summed E-state index contributed by atoms with van der Waals surface area (Å²) in [7, 11) is 1.24. The summed E-state index contributed by atoms with van der Waals surface area (Å²) in [5, 5.41) is 10.2. The molecule has 0 spiro atoms. The van der Waals surface area contributed by atoms with Crippen LogP contribution in [0, 0.1) is 5.41 Å². The van der Waals surface area contributed by atoms with Gasteiger partial charge in [-0.3, -0.25) is 30.1 Å². The molecule has 0 radical (unpaired) electrons. The molecule has 2 fully saturated rings. The second-order valence-corrected chi connectivity index (χ2v) is 7.87. The summed E-state index contributed by atoms with van der Waals surface area (Å²) in [5.41, 5.74) is 1.30. The molecule has 2 N–H and O–H groups in total. The number of methoxy groups -OCH3 is 1. The number of carbonyl (C=O) groups excluding carboxylic acids is 3. The fourth-order valence-corrected chi connectivity index (χ4v) is 4.14. The van der Waals surface area contributed by atoms with Gasteiger partial charge >= 0.3 is 12.1 Å².